The Hall–Kier alpha value is -2.24. The quantitative estimate of drug-likeness (QED) is 0.833. The third kappa shape index (κ3) is 4.19. The fourth-order valence-electron chi connectivity index (χ4n) is 1.99. The van der Waals surface area contributed by atoms with Crippen LogP contribution < -0.4 is 20.1 Å². The van der Waals surface area contributed by atoms with E-state index in [2.05, 4.69) is 10.6 Å². The van der Waals surface area contributed by atoms with Crippen LogP contribution in [0.4, 0.5) is 0 Å². The van der Waals surface area contributed by atoms with Crippen LogP contribution in [-0.4, -0.2) is 18.6 Å². The highest BCUT2D eigenvalue weighted by Gasteiger charge is 2.29. The number of benzene rings is 1. The molecule has 1 aliphatic rings. The summed E-state index contributed by atoms with van der Waals surface area (Å²) in [6.07, 6.45) is -0.641. The van der Waals surface area contributed by atoms with Gasteiger partial charge in [-0.15, -0.1) is 0 Å². The average molecular weight is 334 g/mol. The molecule has 1 aromatic carbocycles. The number of ether oxygens (including phenoxy) is 2. The van der Waals surface area contributed by atoms with Crippen molar-refractivity contribution in [2.24, 2.45) is 10.8 Å². The standard InChI is InChI=1S/C18H26N2O4/c1-17(2,3)15(21)19-14(20-16(22)18(4,5)6)11-7-8-12-13(9-11)24-10-23-12/h7-9,14H,10H2,1-6H3,(H,19,21)(H,20,22). The molecule has 0 fully saturated rings. The summed E-state index contributed by atoms with van der Waals surface area (Å²) in [5.41, 5.74) is -0.406. The minimum absolute atomic E-state index is 0.153. The van der Waals surface area contributed by atoms with E-state index in [0.29, 0.717) is 11.5 Å². The Morgan fingerprint density at radius 2 is 1.42 bits per heavy atom. The lowest BCUT2D eigenvalue weighted by Crippen LogP contribution is -2.47. The molecule has 2 N–H and O–H groups in total. The molecular formula is C18H26N2O4. The van der Waals surface area contributed by atoms with Crippen molar-refractivity contribution < 1.29 is 19.1 Å². The highest BCUT2D eigenvalue weighted by atomic mass is 16.7. The number of hydrogen-bond donors (Lipinski definition) is 2. The topological polar surface area (TPSA) is 76.7 Å². The molecule has 132 valence electrons. The van der Waals surface area contributed by atoms with Crippen molar-refractivity contribution in [3.8, 4) is 11.5 Å². The van der Waals surface area contributed by atoms with Crippen LogP contribution >= 0.6 is 0 Å². The van der Waals surface area contributed by atoms with Gasteiger partial charge in [-0.05, 0) is 17.7 Å². The molecule has 0 unspecified atom stereocenters. The first-order chi connectivity index (χ1) is 11.0. The predicted octanol–water partition coefficient (Wildman–Crippen LogP) is 2.74. The molecule has 0 atom stereocenters. The molecule has 0 spiro atoms. The maximum absolute atomic E-state index is 12.4. The van der Waals surface area contributed by atoms with Gasteiger partial charge in [0.1, 0.15) is 6.17 Å². The molecule has 2 rings (SSSR count). The van der Waals surface area contributed by atoms with Crippen molar-refractivity contribution in [2.75, 3.05) is 6.79 Å². The van der Waals surface area contributed by atoms with E-state index in [1.807, 2.05) is 47.6 Å². The second-order valence-electron chi connectivity index (χ2n) is 7.99. The first kappa shape index (κ1) is 18.1. The second-order valence-corrected chi connectivity index (χ2v) is 7.99. The van der Waals surface area contributed by atoms with E-state index < -0.39 is 17.0 Å². The number of rotatable bonds is 3. The monoisotopic (exact) mass is 334 g/mol. The molecule has 24 heavy (non-hydrogen) atoms. The first-order valence-corrected chi connectivity index (χ1v) is 8.00. The molecule has 1 aliphatic heterocycles. The zero-order valence-electron chi connectivity index (χ0n) is 15.1. The number of carbonyl (C=O) groups excluding carboxylic acids is 2. The van der Waals surface area contributed by atoms with Crippen molar-refractivity contribution in [2.45, 2.75) is 47.7 Å². The maximum Gasteiger partial charge on any atom is 0.231 e. The van der Waals surface area contributed by atoms with Gasteiger partial charge in [-0.1, -0.05) is 47.6 Å². The van der Waals surface area contributed by atoms with E-state index in [1.165, 1.54) is 0 Å². The van der Waals surface area contributed by atoms with Gasteiger partial charge < -0.3 is 20.1 Å². The molecule has 6 nitrogen and oxygen atoms in total. The van der Waals surface area contributed by atoms with E-state index in [1.54, 1.807) is 12.1 Å². The normalized spacial score (nSPS) is 13.8. The summed E-state index contributed by atoms with van der Waals surface area (Å²) in [5.74, 6) is 0.952. The summed E-state index contributed by atoms with van der Waals surface area (Å²) in [5, 5.41) is 5.80. The Morgan fingerprint density at radius 1 is 0.917 bits per heavy atom. The number of fused-ring (bicyclic) bond motifs is 1. The van der Waals surface area contributed by atoms with Gasteiger partial charge in [0.25, 0.3) is 0 Å². The molecule has 1 aromatic rings. The number of nitrogens with one attached hydrogen (secondary N) is 2. The van der Waals surface area contributed by atoms with Crippen LogP contribution in [0.5, 0.6) is 11.5 Å². The molecule has 0 radical (unpaired) electrons. The summed E-state index contributed by atoms with van der Waals surface area (Å²) >= 11 is 0. The van der Waals surface area contributed by atoms with Crippen molar-refractivity contribution in [1.29, 1.82) is 0 Å². The van der Waals surface area contributed by atoms with Crippen LogP contribution in [0.3, 0.4) is 0 Å². The minimum atomic E-state index is -0.641. The summed E-state index contributed by atoms with van der Waals surface area (Å²) in [6.45, 7) is 11.1. The lowest BCUT2D eigenvalue weighted by Gasteiger charge is -2.28. The van der Waals surface area contributed by atoms with Gasteiger partial charge in [0.05, 0.1) is 0 Å². The highest BCUT2D eigenvalue weighted by molar-refractivity contribution is 5.84. The number of carbonyl (C=O) groups is 2. The SMILES string of the molecule is CC(C)(C)C(=O)NC(NC(=O)C(C)(C)C)c1ccc2c(c1)OCO2. The lowest BCUT2D eigenvalue weighted by atomic mass is 9.94. The number of hydrogen-bond acceptors (Lipinski definition) is 4. The summed E-state index contributed by atoms with van der Waals surface area (Å²) < 4.78 is 10.7. The van der Waals surface area contributed by atoms with Gasteiger partial charge in [-0.3, -0.25) is 9.59 Å². The molecule has 0 aliphatic carbocycles. The molecule has 2 amide bonds. The fraction of sp³-hybridized carbons (Fsp3) is 0.556. The van der Waals surface area contributed by atoms with Crippen molar-refractivity contribution in [3.63, 3.8) is 0 Å². The third-order valence-corrected chi connectivity index (χ3v) is 3.64. The van der Waals surface area contributed by atoms with E-state index in [4.69, 9.17) is 9.47 Å². The maximum atomic E-state index is 12.4. The fourth-order valence-corrected chi connectivity index (χ4v) is 1.99. The van der Waals surface area contributed by atoms with Crippen LogP contribution in [-0.2, 0) is 9.59 Å². The largest absolute Gasteiger partial charge is 0.454 e. The zero-order valence-corrected chi connectivity index (χ0v) is 15.1. The van der Waals surface area contributed by atoms with Crippen molar-refractivity contribution in [1.82, 2.24) is 10.6 Å². The smallest absolute Gasteiger partial charge is 0.231 e. The minimum Gasteiger partial charge on any atom is -0.454 e. The molecular weight excluding hydrogens is 308 g/mol. The molecule has 0 aromatic heterocycles. The van der Waals surface area contributed by atoms with E-state index >= 15 is 0 Å². The van der Waals surface area contributed by atoms with E-state index in [0.717, 1.165) is 5.56 Å². The second kappa shape index (κ2) is 6.34. The Balaban J connectivity index is 2.28. The third-order valence-electron chi connectivity index (χ3n) is 3.64. The highest BCUT2D eigenvalue weighted by Crippen LogP contribution is 2.34. The molecule has 0 saturated carbocycles. The zero-order chi connectivity index (χ0) is 18.1. The Labute approximate surface area is 142 Å². The van der Waals surface area contributed by atoms with E-state index in [9.17, 15) is 9.59 Å². The van der Waals surface area contributed by atoms with Gasteiger partial charge in [0.2, 0.25) is 18.6 Å². The van der Waals surface area contributed by atoms with Gasteiger partial charge in [0, 0.05) is 10.8 Å². The Morgan fingerprint density at radius 3 is 1.92 bits per heavy atom. The molecule has 0 saturated heterocycles. The molecule has 6 heteroatoms. The van der Waals surface area contributed by atoms with Gasteiger partial charge in [0.15, 0.2) is 11.5 Å². The Bertz CT molecular complexity index is 613. The summed E-state index contributed by atoms with van der Waals surface area (Å²) in [4.78, 5) is 24.8. The first-order valence-electron chi connectivity index (χ1n) is 8.00. The van der Waals surface area contributed by atoms with Crippen LogP contribution in [0.25, 0.3) is 0 Å². The van der Waals surface area contributed by atoms with Crippen LogP contribution in [0.2, 0.25) is 0 Å². The number of amides is 2. The molecule has 1 heterocycles. The Kier molecular flexibility index (Phi) is 4.78. The van der Waals surface area contributed by atoms with Crippen molar-refractivity contribution in [3.05, 3.63) is 23.8 Å². The van der Waals surface area contributed by atoms with Crippen LogP contribution in [0, 0.1) is 10.8 Å². The van der Waals surface area contributed by atoms with Gasteiger partial charge in [-0.25, -0.2) is 0 Å². The van der Waals surface area contributed by atoms with Crippen LogP contribution in [0.15, 0.2) is 18.2 Å². The predicted molar refractivity (Wildman–Crippen MR) is 90.5 cm³/mol. The lowest BCUT2D eigenvalue weighted by molar-refractivity contribution is -0.132. The van der Waals surface area contributed by atoms with Gasteiger partial charge >= 0.3 is 0 Å². The van der Waals surface area contributed by atoms with E-state index in [-0.39, 0.29) is 18.6 Å². The van der Waals surface area contributed by atoms with Crippen LogP contribution in [0.1, 0.15) is 53.3 Å². The average Bonchev–Trinajstić information content (AvgIpc) is 2.91. The molecule has 0 bridgehead atoms. The van der Waals surface area contributed by atoms with Gasteiger partial charge in [-0.2, -0.15) is 0 Å². The summed E-state index contributed by atoms with van der Waals surface area (Å²) in [6, 6.07) is 5.36. The van der Waals surface area contributed by atoms with Crippen molar-refractivity contribution >= 4 is 11.8 Å². The summed E-state index contributed by atoms with van der Waals surface area (Å²) in [7, 11) is 0.